The summed E-state index contributed by atoms with van der Waals surface area (Å²) in [5.41, 5.74) is -0.474. The van der Waals surface area contributed by atoms with Crippen LogP contribution in [0.25, 0.3) is 17.0 Å². The third kappa shape index (κ3) is 2.33. The Morgan fingerprint density at radius 3 is 2.57 bits per heavy atom. The van der Waals surface area contributed by atoms with Crippen molar-refractivity contribution in [2.24, 2.45) is 0 Å². The fourth-order valence-corrected chi connectivity index (χ4v) is 2.37. The zero-order valence-corrected chi connectivity index (χ0v) is 11.4. The molecule has 21 heavy (non-hydrogen) atoms. The molecule has 0 saturated carbocycles. The van der Waals surface area contributed by atoms with Crippen LogP contribution in [0, 0.1) is 6.92 Å². The lowest BCUT2D eigenvalue weighted by molar-refractivity contribution is -0.137. The van der Waals surface area contributed by atoms with Crippen molar-refractivity contribution in [3.05, 3.63) is 46.9 Å². The smallest absolute Gasteiger partial charge is 0.263 e. The second kappa shape index (κ2) is 4.70. The minimum absolute atomic E-state index is 0.0512. The Bertz CT molecular complexity index is 826. The van der Waals surface area contributed by atoms with Crippen LogP contribution < -0.4 is 0 Å². The maximum Gasteiger partial charge on any atom is 0.417 e. The van der Waals surface area contributed by atoms with Gasteiger partial charge in [0.05, 0.1) is 5.56 Å². The summed E-state index contributed by atoms with van der Waals surface area (Å²) in [6.07, 6.45) is -4.48. The number of aromatic nitrogens is 4. The zero-order valence-electron chi connectivity index (χ0n) is 10.7. The van der Waals surface area contributed by atoms with Gasteiger partial charge in [0.2, 0.25) is 0 Å². The van der Waals surface area contributed by atoms with Crippen LogP contribution in [0.3, 0.4) is 0 Å². The highest BCUT2D eigenvalue weighted by molar-refractivity contribution is 6.29. The first-order chi connectivity index (χ1) is 9.88. The van der Waals surface area contributed by atoms with E-state index in [1.54, 1.807) is 6.92 Å². The summed E-state index contributed by atoms with van der Waals surface area (Å²) in [6, 6.07) is 6.66. The monoisotopic (exact) mass is 312 g/mol. The number of alkyl halides is 3. The topological polar surface area (TPSA) is 43.1 Å². The van der Waals surface area contributed by atoms with E-state index in [1.807, 2.05) is 0 Å². The predicted octanol–water partition coefficient (Wildman–Crippen LogP) is 3.77. The van der Waals surface area contributed by atoms with E-state index >= 15 is 0 Å². The first kappa shape index (κ1) is 13.8. The van der Waals surface area contributed by atoms with Crippen LogP contribution in [0.1, 0.15) is 11.4 Å². The highest BCUT2D eigenvalue weighted by atomic mass is 35.5. The lowest BCUT2D eigenvalue weighted by Crippen LogP contribution is -2.08. The van der Waals surface area contributed by atoms with E-state index in [2.05, 4.69) is 15.2 Å². The van der Waals surface area contributed by atoms with Crippen LogP contribution in [0.15, 0.2) is 30.3 Å². The van der Waals surface area contributed by atoms with Crippen LogP contribution in [-0.2, 0) is 6.18 Å². The van der Waals surface area contributed by atoms with Crippen molar-refractivity contribution in [2.75, 3.05) is 0 Å². The number of fused-ring (bicyclic) bond motifs is 1. The molecule has 0 fully saturated rings. The lowest BCUT2D eigenvalue weighted by Gasteiger charge is -2.11. The molecule has 0 unspecified atom stereocenters. The van der Waals surface area contributed by atoms with E-state index in [4.69, 9.17) is 11.6 Å². The Labute approximate surface area is 122 Å². The van der Waals surface area contributed by atoms with E-state index < -0.39 is 11.7 Å². The van der Waals surface area contributed by atoms with Gasteiger partial charge in [-0.25, -0.2) is 4.98 Å². The maximum absolute atomic E-state index is 13.1. The van der Waals surface area contributed by atoms with Crippen LogP contribution >= 0.6 is 11.6 Å². The van der Waals surface area contributed by atoms with Crippen molar-refractivity contribution >= 4 is 17.2 Å². The summed E-state index contributed by atoms with van der Waals surface area (Å²) < 4.78 is 40.8. The second-order valence-corrected chi connectivity index (χ2v) is 4.77. The van der Waals surface area contributed by atoms with Crippen molar-refractivity contribution < 1.29 is 13.2 Å². The molecule has 1 aromatic carbocycles. The molecule has 8 heteroatoms. The SMILES string of the molecule is Cc1nc(Cl)cc2nnc(-c3ccccc3C(F)(F)F)n12. The number of halogens is 4. The first-order valence-corrected chi connectivity index (χ1v) is 6.30. The molecule has 0 bridgehead atoms. The summed E-state index contributed by atoms with van der Waals surface area (Å²) >= 11 is 5.81. The predicted molar refractivity (Wildman–Crippen MR) is 71.0 cm³/mol. The Kier molecular flexibility index (Phi) is 3.09. The van der Waals surface area contributed by atoms with Gasteiger partial charge in [-0.15, -0.1) is 10.2 Å². The summed E-state index contributed by atoms with van der Waals surface area (Å²) in [4.78, 5) is 4.02. The second-order valence-electron chi connectivity index (χ2n) is 4.39. The largest absolute Gasteiger partial charge is 0.417 e. The van der Waals surface area contributed by atoms with Crippen LogP contribution in [0.4, 0.5) is 13.2 Å². The van der Waals surface area contributed by atoms with Gasteiger partial charge in [-0.2, -0.15) is 13.2 Å². The van der Waals surface area contributed by atoms with E-state index in [-0.39, 0.29) is 16.5 Å². The number of rotatable bonds is 1. The molecule has 0 aliphatic rings. The molecule has 3 rings (SSSR count). The molecule has 0 aliphatic heterocycles. The average molecular weight is 313 g/mol. The summed E-state index contributed by atoms with van der Waals surface area (Å²) in [7, 11) is 0. The molecule has 0 aliphatic carbocycles. The van der Waals surface area contributed by atoms with Crippen molar-refractivity contribution in [3.8, 4) is 11.4 Å². The third-order valence-corrected chi connectivity index (χ3v) is 3.20. The molecule has 4 nitrogen and oxygen atoms in total. The van der Waals surface area contributed by atoms with Gasteiger partial charge in [0, 0.05) is 11.6 Å². The highest BCUT2D eigenvalue weighted by Gasteiger charge is 2.34. The van der Waals surface area contributed by atoms with Gasteiger partial charge < -0.3 is 0 Å². The van der Waals surface area contributed by atoms with Gasteiger partial charge in [-0.3, -0.25) is 4.40 Å². The minimum atomic E-state index is -4.48. The van der Waals surface area contributed by atoms with Gasteiger partial charge in [-0.1, -0.05) is 29.8 Å². The van der Waals surface area contributed by atoms with Crippen LogP contribution in [0.5, 0.6) is 0 Å². The van der Waals surface area contributed by atoms with E-state index in [9.17, 15) is 13.2 Å². The molecule has 108 valence electrons. The molecule has 0 N–H and O–H groups in total. The van der Waals surface area contributed by atoms with Gasteiger partial charge in [-0.05, 0) is 13.0 Å². The van der Waals surface area contributed by atoms with Gasteiger partial charge in [0.1, 0.15) is 11.0 Å². The molecule has 2 aromatic heterocycles. The number of hydrogen-bond donors (Lipinski definition) is 0. The number of aryl methyl sites for hydroxylation is 1. The molecule has 0 amide bonds. The Balaban J connectivity index is 2.32. The zero-order chi connectivity index (χ0) is 15.2. The molecule has 3 aromatic rings. The quantitative estimate of drug-likeness (QED) is 0.642. The normalized spacial score (nSPS) is 12.0. The number of nitrogens with zero attached hydrogens (tertiary/aromatic N) is 4. The first-order valence-electron chi connectivity index (χ1n) is 5.93. The van der Waals surface area contributed by atoms with Crippen molar-refractivity contribution in [2.45, 2.75) is 13.1 Å². The number of benzene rings is 1. The molecular formula is C13H8ClF3N4. The van der Waals surface area contributed by atoms with Crippen molar-refractivity contribution in [1.82, 2.24) is 19.6 Å². The molecule has 0 radical (unpaired) electrons. The fourth-order valence-electron chi connectivity index (χ4n) is 2.15. The Morgan fingerprint density at radius 1 is 1.14 bits per heavy atom. The van der Waals surface area contributed by atoms with E-state index in [1.165, 1.54) is 28.7 Å². The third-order valence-electron chi connectivity index (χ3n) is 3.00. The summed E-state index contributed by atoms with van der Waals surface area (Å²) in [5.74, 6) is 0.495. The van der Waals surface area contributed by atoms with Crippen LogP contribution in [0.2, 0.25) is 5.15 Å². The highest BCUT2D eigenvalue weighted by Crippen LogP contribution is 2.36. The van der Waals surface area contributed by atoms with Crippen LogP contribution in [-0.4, -0.2) is 19.6 Å². The van der Waals surface area contributed by atoms with Gasteiger partial charge >= 0.3 is 6.18 Å². The minimum Gasteiger partial charge on any atom is -0.263 e. The summed E-state index contributed by atoms with van der Waals surface area (Å²) in [5, 5.41) is 7.93. The standard InChI is InChI=1S/C13H8ClF3N4/c1-7-18-10(14)6-11-19-20-12(21(7)11)8-4-2-3-5-9(8)13(15,16)17/h2-6H,1H3. The van der Waals surface area contributed by atoms with Crippen molar-refractivity contribution in [3.63, 3.8) is 0 Å². The molecule has 0 atom stereocenters. The van der Waals surface area contributed by atoms with Gasteiger partial charge in [0.25, 0.3) is 0 Å². The Morgan fingerprint density at radius 2 is 1.86 bits per heavy atom. The fraction of sp³-hybridized carbons (Fsp3) is 0.154. The molecule has 2 heterocycles. The average Bonchev–Trinajstić information content (AvgIpc) is 2.81. The maximum atomic E-state index is 13.1. The molecular weight excluding hydrogens is 305 g/mol. The van der Waals surface area contributed by atoms with E-state index in [0.29, 0.717) is 11.5 Å². The van der Waals surface area contributed by atoms with Crippen molar-refractivity contribution in [1.29, 1.82) is 0 Å². The number of hydrogen-bond acceptors (Lipinski definition) is 3. The van der Waals surface area contributed by atoms with Gasteiger partial charge in [0.15, 0.2) is 11.5 Å². The molecule has 0 spiro atoms. The molecule has 0 saturated heterocycles. The Hall–Kier alpha value is -2.15. The summed E-state index contributed by atoms with van der Waals surface area (Å²) in [6.45, 7) is 1.63. The lowest BCUT2D eigenvalue weighted by atomic mass is 10.1. The van der Waals surface area contributed by atoms with E-state index in [0.717, 1.165) is 6.07 Å².